The van der Waals surface area contributed by atoms with Gasteiger partial charge in [-0.15, -0.1) is 0 Å². The molecule has 0 aromatic carbocycles. The predicted molar refractivity (Wildman–Crippen MR) is 89.5 cm³/mol. The van der Waals surface area contributed by atoms with Gasteiger partial charge in [-0.1, -0.05) is 0 Å². The molecular formula is C17H23N3O5. The number of hydrogen-bond acceptors (Lipinski definition) is 5. The number of rotatable bonds is 10. The van der Waals surface area contributed by atoms with Crippen molar-refractivity contribution in [2.24, 2.45) is 0 Å². The summed E-state index contributed by atoms with van der Waals surface area (Å²) in [5.74, 6) is 1.13. The zero-order valence-electron chi connectivity index (χ0n) is 14.1. The third kappa shape index (κ3) is 7.13. The number of ether oxygens (including phenoxy) is 1. The van der Waals surface area contributed by atoms with Crippen molar-refractivity contribution in [3.05, 3.63) is 48.3 Å². The van der Waals surface area contributed by atoms with Crippen molar-refractivity contribution in [1.29, 1.82) is 0 Å². The smallest absolute Gasteiger partial charge is 0.315 e. The minimum Gasteiger partial charge on any atom is -0.467 e. The molecule has 1 atom stereocenters. The number of carbonyl (C=O) groups excluding carboxylic acids is 2. The molecule has 0 saturated heterocycles. The maximum Gasteiger partial charge on any atom is 0.315 e. The van der Waals surface area contributed by atoms with Crippen LogP contribution >= 0.6 is 0 Å². The third-order valence-corrected chi connectivity index (χ3v) is 3.33. The topological polar surface area (TPSA) is 106 Å². The summed E-state index contributed by atoms with van der Waals surface area (Å²) in [7, 11) is 0. The van der Waals surface area contributed by atoms with E-state index in [4.69, 9.17) is 13.6 Å². The van der Waals surface area contributed by atoms with Gasteiger partial charge in [-0.3, -0.25) is 4.79 Å². The second-order valence-corrected chi connectivity index (χ2v) is 5.40. The van der Waals surface area contributed by atoms with Crippen molar-refractivity contribution in [1.82, 2.24) is 16.0 Å². The summed E-state index contributed by atoms with van der Waals surface area (Å²) >= 11 is 0. The van der Waals surface area contributed by atoms with Crippen LogP contribution in [0.3, 0.4) is 0 Å². The van der Waals surface area contributed by atoms with E-state index in [1.165, 1.54) is 6.26 Å². The van der Waals surface area contributed by atoms with Gasteiger partial charge in [-0.25, -0.2) is 4.79 Å². The fraction of sp³-hybridized carbons (Fsp3) is 0.412. The average Bonchev–Trinajstić information content (AvgIpc) is 3.29. The van der Waals surface area contributed by atoms with Gasteiger partial charge in [0.1, 0.15) is 24.2 Å². The molecule has 0 aliphatic rings. The van der Waals surface area contributed by atoms with Crippen LogP contribution in [-0.2, 0) is 22.7 Å². The van der Waals surface area contributed by atoms with E-state index in [9.17, 15) is 9.59 Å². The Morgan fingerprint density at radius 2 is 1.84 bits per heavy atom. The van der Waals surface area contributed by atoms with Crippen LogP contribution in [0.25, 0.3) is 0 Å². The van der Waals surface area contributed by atoms with Gasteiger partial charge in [0.05, 0.1) is 19.1 Å². The van der Waals surface area contributed by atoms with Gasteiger partial charge >= 0.3 is 6.03 Å². The van der Waals surface area contributed by atoms with E-state index in [0.29, 0.717) is 31.9 Å². The van der Waals surface area contributed by atoms with Crippen molar-refractivity contribution < 1.29 is 23.2 Å². The Balaban J connectivity index is 1.50. The Hall–Kier alpha value is -2.74. The largest absolute Gasteiger partial charge is 0.467 e. The fourth-order valence-electron chi connectivity index (χ4n) is 2.00. The van der Waals surface area contributed by atoms with Gasteiger partial charge in [-0.05, 0) is 37.6 Å². The molecule has 2 aromatic heterocycles. The zero-order valence-corrected chi connectivity index (χ0v) is 14.1. The lowest BCUT2D eigenvalue weighted by Gasteiger charge is -2.14. The molecule has 8 heteroatoms. The lowest BCUT2D eigenvalue weighted by atomic mass is 10.3. The lowest BCUT2D eigenvalue weighted by Crippen LogP contribution is -2.48. The fourth-order valence-corrected chi connectivity index (χ4v) is 2.00. The highest BCUT2D eigenvalue weighted by molar-refractivity contribution is 5.86. The first-order valence-electron chi connectivity index (χ1n) is 8.09. The first-order chi connectivity index (χ1) is 12.1. The maximum atomic E-state index is 11.9. The van der Waals surface area contributed by atoms with Crippen molar-refractivity contribution >= 4 is 11.9 Å². The maximum absolute atomic E-state index is 11.9. The molecule has 2 aromatic rings. The normalized spacial score (nSPS) is 11.7. The number of carbonyl (C=O) groups is 2. The first-order valence-corrected chi connectivity index (χ1v) is 8.09. The van der Waals surface area contributed by atoms with Crippen LogP contribution < -0.4 is 16.0 Å². The molecule has 0 saturated carbocycles. The van der Waals surface area contributed by atoms with Gasteiger partial charge in [0.25, 0.3) is 0 Å². The van der Waals surface area contributed by atoms with Crippen LogP contribution in [0.1, 0.15) is 24.9 Å². The molecule has 25 heavy (non-hydrogen) atoms. The molecule has 3 N–H and O–H groups in total. The SMILES string of the molecule is C[C@H](NC(=O)NCCCOCc1ccco1)C(=O)NCc1ccco1. The zero-order chi connectivity index (χ0) is 17.9. The van der Waals surface area contributed by atoms with Crippen molar-refractivity contribution in [2.75, 3.05) is 13.2 Å². The highest BCUT2D eigenvalue weighted by Crippen LogP contribution is 2.01. The molecule has 136 valence electrons. The monoisotopic (exact) mass is 349 g/mol. The van der Waals surface area contributed by atoms with Crippen LogP contribution in [0, 0.1) is 0 Å². The number of furan rings is 2. The minimum absolute atomic E-state index is 0.284. The second kappa shape index (κ2) is 10.2. The van der Waals surface area contributed by atoms with E-state index in [0.717, 1.165) is 5.76 Å². The van der Waals surface area contributed by atoms with E-state index in [2.05, 4.69) is 16.0 Å². The molecular weight excluding hydrogens is 326 g/mol. The van der Waals surface area contributed by atoms with Gasteiger partial charge in [0.2, 0.25) is 5.91 Å². The first kappa shape index (κ1) is 18.6. The van der Waals surface area contributed by atoms with Crippen molar-refractivity contribution in [2.45, 2.75) is 32.5 Å². The van der Waals surface area contributed by atoms with E-state index < -0.39 is 12.1 Å². The number of amides is 3. The Morgan fingerprint density at radius 1 is 1.12 bits per heavy atom. The lowest BCUT2D eigenvalue weighted by molar-refractivity contribution is -0.122. The van der Waals surface area contributed by atoms with E-state index in [1.54, 1.807) is 31.4 Å². The predicted octanol–water partition coefficient (Wildman–Crippen LogP) is 1.78. The van der Waals surface area contributed by atoms with E-state index >= 15 is 0 Å². The number of nitrogens with one attached hydrogen (secondary N) is 3. The number of hydrogen-bond donors (Lipinski definition) is 3. The summed E-state index contributed by atoms with van der Waals surface area (Å²) in [6, 6.07) is 6.10. The Morgan fingerprint density at radius 3 is 2.52 bits per heavy atom. The minimum atomic E-state index is -0.648. The molecule has 0 bridgehead atoms. The van der Waals surface area contributed by atoms with E-state index in [-0.39, 0.29) is 12.5 Å². The summed E-state index contributed by atoms with van der Waals surface area (Å²) in [5, 5.41) is 7.94. The molecule has 0 aliphatic carbocycles. The average molecular weight is 349 g/mol. The van der Waals surface area contributed by atoms with E-state index in [1.807, 2.05) is 6.07 Å². The molecule has 8 nitrogen and oxygen atoms in total. The van der Waals surface area contributed by atoms with Gasteiger partial charge < -0.3 is 29.5 Å². The summed E-state index contributed by atoms with van der Waals surface area (Å²) in [5.41, 5.74) is 0. The summed E-state index contributed by atoms with van der Waals surface area (Å²) < 4.78 is 15.7. The quantitative estimate of drug-likeness (QED) is 0.567. The summed E-state index contributed by atoms with van der Waals surface area (Å²) in [6.45, 7) is 3.26. The van der Waals surface area contributed by atoms with Crippen molar-refractivity contribution in [3.63, 3.8) is 0 Å². The van der Waals surface area contributed by atoms with Crippen LogP contribution in [0.2, 0.25) is 0 Å². The van der Waals surface area contributed by atoms with Crippen LogP contribution in [0.15, 0.2) is 45.6 Å². The van der Waals surface area contributed by atoms with Gasteiger partial charge in [0.15, 0.2) is 0 Å². The summed E-state index contributed by atoms with van der Waals surface area (Å²) in [4.78, 5) is 23.6. The van der Waals surface area contributed by atoms with Crippen LogP contribution in [0.5, 0.6) is 0 Å². The molecule has 0 spiro atoms. The highest BCUT2D eigenvalue weighted by atomic mass is 16.5. The standard InChI is InChI=1S/C17H23N3O5/c1-13(16(21)19-11-14-5-2-9-24-14)20-17(22)18-7-4-8-23-12-15-6-3-10-25-15/h2-3,5-6,9-10,13H,4,7-8,11-12H2,1H3,(H,19,21)(H2,18,20,22)/t13-/m0/s1. The summed E-state index contributed by atoms with van der Waals surface area (Å²) in [6.07, 6.45) is 3.79. The molecule has 0 unspecified atom stereocenters. The molecule has 0 radical (unpaired) electrons. The van der Waals surface area contributed by atoms with Gasteiger partial charge in [0, 0.05) is 13.2 Å². The number of urea groups is 1. The van der Waals surface area contributed by atoms with Crippen LogP contribution in [-0.4, -0.2) is 31.1 Å². The molecule has 2 heterocycles. The Kier molecular flexibility index (Phi) is 7.58. The molecule has 0 aliphatic heterocycles. The molecule has 2 rings (SSSR count). The second-order valence-electron chi connectivity index (χ2n) is 5.40. The van der Waals surface area contributed by atoms with Crippen molar-refractivity contribution in [3.8, 4) is 0 Å². The van der Waals surface area contributed by atoms with Gasteiger partial charge in [-0.2, -0.15) is 0 Å². The molecule has 0 fully saturated rings. The Bertz CT molecular complexity index is 625. The molecule has 3 amide bonds. The highest BCUT2D eigenvalue weighted by Gasteiger charge is 2.15. The third-order valence-electron chi connectivity index (χ3n) is 3.33. The van der Waals surface area contributed by atoms with Crippen LogP contribution in [0.4, 0.5) is 4.79 Å². The Labute approximate surface area is 145 Å².